The molecule has 136 valence electrons. The summed E-state index contributed by atoms with van der Waals surface area (Å²) in [5, 5.41) is 0. The third-order valence-electron chi connectivity index (χ3n) is 5.03. The van der Waals surface area contributed by atoms with Crippen LogP contribution in [-0.4, -0.2) is 71.7 Å². The molecule has 2 aliphatic rings. The van der Waals surface area contributed by atoms with Crippen LogP contribution in [0.1, 0.15) is 47.0 Å². The van der Waals surface area contributed by atoms with Crippen LogP contribution in [0.2, 0.25) is 0 Å². The molecule has 0 aromatic rings. The summed E-state index contributed by atoms with van der Waals surface area (Å²) in [5.41, 5.74) is -0.376. The van der Waals surface area contributed by atoms with Crippen molar-refractivity contribution in [2.24, 2.45) is 11.3 Å². The molecular formula is C18H31N3O3. The standard InChI is InChI=1S/C18H31N3O3/c1-14(22)19-10-6-15(7-11-19)16(23)20-8-5-9-21(13-12-20)17(24)18(2,3)4/h15H,5-13H2,1-4H3. The van der Waals surface area contributed by atoms with Crippen LogP contribution < -0.4 is 0 Å². The van der Waals surface area contributed by atoms with Gasteiger partial charge in [-0.3, -0.25) is 14.4 Å². The second-order valence-corrected chi connectivity index (χ2v) is 8.00. The van der Waals surface area contributed by atoms with E-state index in [0.29, 0.717) is 26.2 Å². The van der Waals surface area contributed by atoms with Crippen LogP contribution in [0, 0.1) is 11.3 Å². The minimum Gasteiger partial charge on any atom is -0.343 e. The van der Waals surface area contributed by atoms with Gasteiger partial charge in [-0.2, -0.15) is 0 Å². The van der Waals surface area contributed by atoms with Crippen molar-refractivity contribution >= 4 is 17.7 Å². The van der Waals surface area contributed by atoms with Gasteiger partial charge in [-0.1, -0.05) is 20.8 Å². The monoisotopic (exact) mass is 337 g/mol. The zero-order valence-corrected chi connectivity index (χ0v) is 15.5. The fraction of sp³-hybridized carbons (Fsp3) is 0.833. The summed E-state index contributed by atoms with van der Waals surface area (Å²) in [4.78, 5) is 42.2. The molecule has 0 aromatic heterocycles. The van der Waals surface area contributed by atoms with Gasteiger partial charge in [0, 0.05) is 57.5 Å². The highest BCUT2D eigenvalue weighted by molar-refractivity contribution is 5.82. The number of carbonyl (C=O) groups excluding carboxylic acids is 3. The molecule has 0 aromatic carbocycles. The van der Waals surface area contributed by atoms with Crippen LogP contribution in [0.25, 0.3) is 0 Å². The lowest BCUT2D eigenvalue weighted by molar-refractivity contribution is -0.141. The van der Waals surface area contributed by atoms with Crippen LogP contribution in [0.3, 0.4) is 0 Å². The van der Waals surface area contributed by atoms with Gasteiger partial charge in [0.1, 0.15) is 0 Å². The number of piperidine rings is 1. The van der Waals surface area contributed by atoms with Crippen LogP contribution in [0.15, 0.2) is 0 Å². The molecule has 6 heteroatoms. The Hall–Kier alpha value is -1.59. The van der Waals surface area contributed by atoms with E-state index in [0.717, 1.165) is 32.4 Å². The van der Waals surface area contributed by atoms with Crippen LogP contribution in [0.4, 0.5) is 0 Å². The molecule has 24 heavy (non-hydrogen) atoms. The van der Waals surface area contributed by atoms with Crippen molar-refractivity contribution in [3.8, 4) is 0 Å². The molecule has 2 rings (SSSR count). The van der Waals surface area contributed by atoms with Crippen molar-refractivity contribution < 1.29 is 14.4 Å². The van der Waals surface area contributed by atoms with Crippen LogP contribution in [0.5, 0.6) is 0 Å². The van der Waals surface area contributed by atoms with Gasteiger partial charge in [0.2, 0.25) is 17.7 Å². The molecule has 0 unspecified atom stereocenters. The normalized spacial score (nSPS) is 20.8. The maximum Gasteiger partial charge on any atom is 0.228 e. The van der Waals surface area contributed by atoms with Crippen molar-refractivity contribution in [2.45, 2.75) is 47.0 Å². The zero-order valence-electron chi connectivity index (χ0n) is 15.5. The molecule has 3 amide bonds. The topological polar surface area (TPSA) is 60.9 Å². The van der Waals surface area contributed by atoms with Gasteiger partial charge in [-0.25, -0.2) is 0 Å². The van der Waals surface area contributed by atoms with Crippen LogP contribution >= 0.6 is 0 Å². The van der Waals surface area contributed by atoms with Crippen molar-refractivity contribution in [2.75, 3.05) is 39.3 Å². The summed E-state index contributed by atoms with van der Waals surface area (Å²) in [6.45, 7) is 11.4. The van der Waals surface area contributed by atoms with E-state index in [2.05, 4.69) is 0 Å². The predicted octanol–water partition coefficient (Wildman–Crippen LogP) is 1.35. The van der Waals surface area contributed by atoms with E-state index in [1.165, 1.54) is 0 Å². The minimum atomic E-state index is -0.376. The molecule has 0 spiro atoms. The Bertz CT molecular complexity index is 490. The highest BCUT2D eigenvalue weighted by atomic mass is 16.2. The first-order chi connectivity index (χ1) is 11.2. The maximum absolute atomic E-state index is 12.8. The SMILES string of the molecule is CC(=O)N1CCC(C(=O)N2CCCN(C(=O)C(C)(C)C)CC2)CC1. The predicted molar refractivity (Wildman–Crippen MR) is 92.2 cm³/mol. The van der Waals surface area contributed by atoms with E-state index >= 15 is 0 Å². The lowest BCUT2D eigenvalue weighted by atomic mass is 9.94. The lowest BCUT2D eigenvalue weighted by Crippen LogP contribution is -2.45. The number of hydrogen-bond acceptors (Lipinski definition) is 3. The second-order valence-electron chi connectivity index (χ2n) is 8.00. The third-order valence-corrected chi connectivity index (χ3v) is 5.03. The molecule has 6 nitrogen and oxygen atoms in total. The van der Waals surface area contributed by atoms with Crippen molar-refractivity contribution in [1.82, 2.24) is 14.7 Å². The van der Waals surface area contributed by atoms with Gasteiger partial charge < -0.3 is 14.7 Å². The molecule has 0 saturated carbocycles. The average Bonchev–Trinajstić information content (AvgIpc) is 2.78. The summed E-state index contributed by atoms with van der Waals surface area (Å²) in [6, 6.07) is 0. The van der Waals surface area contributed by atoms with Gasteiger partial charge in [0.15, 0.2) is 0 Å². The summed E-state index contributed by atoms with van der Waals surface area (Å²) in [5.74, 6) is 0.465. The largest absolute Gasteiger partial charge is 0.343 e. The molecule has 0 aliphatic carbocycles. The first kappa shape index (κ1) is 18.7. The van der Waals surface area contributed by atoms with E-state index in [1.807, 2.05) is 35.5 Å². The molecule has 0 radical (unpaired) electrons. The van der Waals surface area contributed by atoms with Gasteiger partial charge in [-0.15, -0.1) is 0 Å². The Balaban J connectivity index is 1.88. The quantitative estimate of drug-likeness (QED) is 0.726. The van der Waals surface area contributed by atoms with Gasteiger partial charge in [-0.05, 0) is 19.3 Å². The molecule has 2 heterocycles. The van der Waals surface area contributed by atoms with E-state index in [1.54, 1.807) is 6.92 Å². The fourth-order valence-electron chi connectivity index (χ4n) is 3.51. The summed E-state index contributed by atoms with van der Waals surface area (Å²) in [6.07, 6.45) is 2.33. The number of carbonyl (C=O) groups is 3. The smallest absolute Gasteiger partial charge is 0.228 e. The van der Waals surface area contributed by atoms with Gasteiger partial charge >= 0.3 is 0 Å². The van der Waals surface area contributed by atoms with E-state index in [9.17, 15) is 14.4 Å². The summed E-state index contributed by atoms with van der Waals surface area (Å²) < 4.78 is 0. The van der Waals surface area contributed by atoms with Crippen molar-refractivity contribution in [3.05, 3.63) is 0 Å². The Labute approximate surface area is 145 Å². The van der Waals surface area contributed by atoms with Crippen molar-refractivity contribution in [3.63, 3.8) is 0 Å². The highest BCUT2D eigenvalue weighted by Gasteiger charge is 2.32. The number of amides is 3. The van der Waals surface area contributed by atoms with Gasteiger partial charge in [0.25, 0.3) is 0 Å². The molecule has 0 N–H and O–H groups in total. The fourth-order valence-corrected chi connectivity index (χ4v) is 3.51. The Morgan fingerprint density at radius 3 is 1.88 bits per heavy atom. The lowest BCUT2D eigenvalue weighted by Gasteiger charge is -2.33. The third kappa shape index (κ3) is 4.48. The molecule has 2 aliphatic heterocycles. The summed E-state index contributed by atoms with van der Waals surface area (Å²) in [7, 11) is 0. The van der Waals surface area contributed by atoms with Crippen LogP contribution in [-0.2, 0) is 14.4 Å². The zero-order chi connectivity index (χ0) is 17.9. The number of likely N-dealkylation sites (tertiary alicyclic amines) is 1. The van der Waals surface area contributed by atoms with E-state index in [4.69, 9.17) is 0 Å². The Morgan fingerprint density at radius 1 is 0.792 bits per heavy atom. The first-order valence-electron chi connectivity index (χ1n) is 9.04. The van der Waals surface area contributed by atoms with Gasteiger partial charge in [0.05, 0.1) is 0 Å². The number of nitrogens with zero attached hydrogens (tertiary/aromatic N) is 3. The molecule has 0 bridgehead atoms. The second kappa shape index (κ2) is 7.53. The highest BCUT2D eigenvalue weighted by Crippen LogP contribution is 2.22. The van der Waals surface area contributed by atoms with E-state index < -0.39 is 0 Å². The minimum absolute atomic E-state index is 0.0190. The molecule has 2 fully saturated rings. The maximum atomic E-state index is 12.8. The Kier molecular flexibility index (Phi) is 5.88. The van der Waals surface area contributed by atoms with E-state index in [-0.39, 0.29) is 29.1 Å². The number of rotatable bonds is 1. The average molecular weight is 337 g/mol. The molecule has 0 atom stereocenters. The Morgan fingerprint density at radius 2 is 1.33 bits per heavy atom. The summed E-state index contributed by atoms with van der Waals surface area (Å²) >= 11 is 0. The molecular weight excluding hydrogens is 306 g/mol. The first-order valence-corrected chi connectivity index (χ1v) is 9.04. The number of hydrogen-bond donors (Lipinski definition) is 0. The van der Waals surface area contributed by atoms with Crippen molar-refractivity contribution in [1.29, 1.82) is 0 Å². The molecule has 2 saturated heterocycles.